The quantitative estimate of drug-likeness (QED) is 0.732. The third kappa shape index (κ3) is 2.46. The molecule has 0 saturated carbocycles. The average molecular weight is 222 g/mol. The van der Waals surface area contributed by atoms with Crippen LogP contribution in [0.25, 0.3) is 0 Å². The van der Waals surface area contributed by atoms with E-state index in [1.807, 2.05) is 0 Å². The SMILES string of the molecule is CCCN(C(=O)C1CC=CCC1)C1CNC1. The number of carbonyl (C=O) groups is 1. The molecule has 90 valence electrons. The van der Waals surface area contributed by atoms with Crippen LogP contribution in [0.1, 0.15) is 32.6 Å². The summed E-state index contributed by atoms with van der Waals surface area (Å²) in [6, 6.07) is 0.457. The normalized spacial score (nSPS) is 25.2. The van der Waals surface area contributed by atoms with Crippen LogP contribution in [-0.2, 0) is 4.79 Å². The lowest BCUT2D eigenvalue weighted by atomic mass is 9.92. The molecule has 1 aliphatic carbocycles. The summed E-state index contributed by atoms with van der Waals surface area (Å²) in [6.45, 7) is 5.03. The van der Waals surface area contributed by atoms with Gasteiger partial charge in [0.25, 0.3) is 0 Å². The van der Waals surface area contributed by atoms with Crippen LogP contribution in [0.4, 0.5) is 0 Å². The van der Waals surface area contributed by atoms with Crippen LogP contribution in [-0.4, -0.2) is 36.5 Å². The number of nitrogens with zero attached hydrogens (tertiary/aromatic N) is 1. The molecule has 1 atom stereocenters. The largest absolute Gasteiger partial charge is 0.337 e. The Bertz CT molecular complexity index is 271. The van der Waals surface area contributed by atoms with Crippen LogP contribution in [0.2, 0.25) is 0 Å². The summed E-state index contributed by atoms with van der Waals surface area (Å²) in [7, 11) is 0. The monoisotopic (exact) mass is 222 g/mol. The van der Waals surface area contributed by atoms with Gasteiger partial charge in [-0.3, -0.25) is 4.79 Å². The lowest BCUT2D eigenvalue weighted by Crippen LogP contribution is -2.60. The van der Waals surface area contributed by atoms with Gasteiger partial charge in [-0.1, -0.05) is 19.1 Å². The summed E-state index contributed by atoms with van der Waals surface area (Å²) in [4.78, 5) is 14.5. The van der Waals surface area contributed by atoms with Crippen LogP contribution in [0, 0.1) is 5.92 Å². The third-order valence-corrected chi connectivity index (χ3v) is 3.57. The zero-order valence-electron chi connectivity index (χ0n) is 10.1. The summed E-state index contributed by atoms with van der Waals surface area (Å²) >= 11 is 0. The molecule has 0 aromatic carbocycles. The number of amides is 1. The maximum absolute atomic E-state index is 12.4. The van der Waals surface area contributed by atoms with Gasteiger partial charge in [0, 0.05) is 25.6 Å². The van der Waals surface area contributed by atoms with Gasteiger partial charge in [0.1, 0.15) is 0 Å². The van der Waals surface area contributed by atoms with E-state index in [-0.39, 0.29) is 5.92 Å². The van der Waals surface area contributed by atoms with Crippen molar-refractivity contribution in [3.05, 3.63) is 12.2 Å². The van der Waals surface area contributed by atoms with Crippen molar-refractivity contribution in [2.45, 2.75) is 38.6 Å². The van der Waals surface area contributed by atoms with Crippen LogP contribution >= 0.6 is 0 Å². The lowest BCUT2D eigenvalue weighted by Gasteiger charge is -2.40. The Morgan fingerprint density at radius 1 is 1.44 bits per heavy atom. The van der Waals surface area contributed by atoms with E-state index in [2.05, 4.69) is 29.3 Å². The maximum atomic E-state index is 12.4. The van der Waals surface area contributed by atoms with Crippen LogP contribution in [0.15, 0.2) is 12.2 Å². The van der Waals surface area contributed by atoms with E-state index >= 15 is 0 Å². The van der Waals surface area contributed by atoms with Crippen molar-refractivity contribution in [2.24, 2.45) is 5.92 Å². The maximum Gasteiger partial charge on any atom is 0.226 e. The average Bonchev–Trinajstić information content (AvgIpc) is 2.26. The highest BCUT2D eigenvalue weighted by Gasteiger charge is 2.31. The summed E-state index contributed by atoms with van der Waals surface area (Å²) in [5, 5.41) is 3.25. The summed E-state index contributed by atoms with van der Waals surface area (Å²) in [5.41, 5.74) is 0. The van der Waals surface area contributed by atoms with Gasteiger partial charge in [-0.05, 0) is 25.7 Å². The van der Waals surface area contributed by atoms with E-state index in [0.29, 0.717) is 11.9 Å². The van der Waals surface area contributed by atoms with Gasteiger partial charge in [0.15, 0.2) is 0 Å². The Labute approximate surface area is 97.9 Å². The van der Waals surface area contributed by atoms with Gasteiger partial charge < -0.3 is 10.2 Å². The molecular formula is C13H22N2O. The fourth-order valence-corrected chi connectivity index (χ4v) is 2.46. The zero-order valence-corrected chi connectivity index (χ0v) is 10.1. The van der Waals surface area contributed by atoms with Crippen molar-refractivity contribution >= 4 is 5.91 Å². The first-order valence-corrected chi connectivity index (χ1v) is 6.49. The smallest absolute Gasteiger partial charge is 0.226 e. The third-order valence-electron chi connectivity index (χ3n) is 3.57. The Kier molecular flexibility index (Phi) is 3.99. The standard InChI is InChI=1S/C13H22N2O/c1-2-8-15(12-9-14-10-12)13(16)11-6-4-3-5-7-11/h3-4,11-12,14H,2,5-10H2,1H3. The van der Waals surface area contributed by atoms with Crippen molar-refractivity contribution < 1.29 is 4.79 Å². The molecule has 1 saturated heterocycles. The van der Waals surface area contributed by atoms with Crippen LogP contribution < -0.4 is 5.32 Å². The minimum atomic E-state index is 0.247. The van der Waals surface area contributed by atoms with Crippen molar-refractivity contribution in [3.8, 4) is 0 Å². The Hall–Kier alpha value is -0.830. The molecule has 0 spiro atoms. The fraction of sp³-hybridized carbons (Fsp3) is 0.769. The minimum Gasteiger partial charge on any atom is -0.337 e. The number of hydrogen-bond donors (Lipinski definition) is 1. The zero-order chi connectivity index (χ0) is 11.4. The molecule has 0 bridgehead atoms. The summed E-state index contributed by atoms with van der Waals surface area (Å²) < 4.78 is 0. The Morgan fingerprint density at radius 3 is 2.75 bits per heavy atom. The predicted molar refractivity (Wildman–Crippen MR) is 65.1 cm³/mol. The van der Waals surface area contributed by atoms with E-state index in [1.165, 1.54) is 0 Å². The fourth-order valence-electron chi connectivity index (χ4n) is 2.46. The minimum absolute atomic E-state index is 0.247. The number of carbonyl (C=O) groups excluding carboxylic acids is 1. The number of hydrogen-bond acceptors (Lipinski definition) is 2. The van der Waals surface area contributed by atoms with Gasteiger partial charge in [0.2, 0.25) is 5.91 Å². The van der Waals surface area contributed by atoms with E-state index in [0.717, 1.165) is 45.3 Å². The van der Waals surface area contributed by atoms with Crippen molar-refractivity contribution in [3.63, 3.8) is 0 Å². The van der Waals surface area contributed by atoms with E-state index < -0.39 is 0 Å². The first kappa shape index (κ1) is 11.6. The molecular weight excluding hydrogens is 200 g/mol. The molecule has 3 heteroatoms. The molecule has 3 nitrogen and oxygen atoms in total. The predicted octanol–water partition coefficient (Wildman–Crippen LogP) is 1.55. The highest BCUT2D eigenvalue weighted by Crippen LogP contribution is 2.22. The van der Waals surface area contributed by atoms with Crippen molar-refractivity contribution in [1.29, 1.82) is 0 Å². The first-order valence-electron chi connectivity index (χ1n) is 6.49. The molecule has 2 aliphatic rings. The molecule has 16 heavy (non-hydrogen) atoms. The summed E-state index contributed by atoms with van der Waals surface area (Å²) in [5.74, 6) is 0.634. The second-order valence-electron chi connectivity index (χ2n) is 4.83. The summed E-state index contributed by atoms with van der Waals surface area (Å²) in [6.07, 6.45) is 8.47. The molecule has 1 heterocycles. The molecule has 1 fully saturated rings. The second-order valence-corrected chi connectivity index (χ2v) is 4.83. The molecule has 1 amide bonds. The highest BCUT2D eigenvalue weighted by molar-refractivity contribution is 5.79. The van der Waals surface area contributed by atoms with Gasteiger partial charge in [-0.2, -0.15) is 0 Å². The van der Waals surface area contributed by atoms with Crippen molar-refractivity contribution in [1.82, 2.24) is 10.2 Å². The van der Waals surface area contributed by atoms with Crippen LogP contribution in [0.5, 0.6) is 0 Å². The Balaban J connectivity index is 1.95. The molecule has 1 aliphatic heterocycles. The first-order chi connectivity index (χ1) is 7.83. The number of rotatable bonds is 4. The molecule has 1 N–H and O–H groups in total. The molecule has 0 aromatic heterocycles. The molecule has 0 aromatic rings. The molecule has 1 unspecified atom stereocenters. The van der Waals surface area contributed by atoms with E-state index in [1.54, 1.807) is 0 Å². The Morgan fingerprint density at radius 2 is 2.25 bits per heavy atom. The van der Waals surface area contributed by atoms with Crippen LogP contribution in [0.3, 0.4) is 0 Å². The molecule has 0 radical (unpaired) electrons. The van der Waals surface area contributed by atoms with Gasteiger partial charge >= 0.3 is 0 Å². The number of allylic oxidation sites excluding steroid dienone is 2. The van der Waals surface area contributed by atoms with Crippen molar-refractivity contribution in [2.75, 3.05) is 19.6 Å². The van der Waals surface area contributed by atoms with E-state index in [9.17, 15) is 4.79 Å². The van der Waals surface area contributed by atoms with Gasteiger partial charge in [0.05, 0.1) is 6.04 Å². The topological polar surface area (TPSA) is 32.3 Å². The lowest BCUT2D eigenvalue weighted by molar-refractivity contribution is -0.139. The van der Waals surface area contributed by atoms with Gasteiger partial charge in [-0.15, -0.1) is 0 Å². The van der Waals surface area contributed by atoms with Gasteiger partial charge in [-0.25, -0.2) is 0 Å². The molecule has 2 rings (SSSR count). The second kappa shape index (κ2) is 5.48. The highest BCUT2D eigenvalue weighted by atomic mass is 16.2. The number of nitrogens with one attached hydrogen (secondary N) is 1. The van der Waals surface area contributed by atoms with E-state index in [4.69, 9.17) is 0 Å².